The van der Waals surface area contributed by atoms with Crippen LogP contribution in [0.3, 0.4) is 0 Å². The van der Waals surface area contributed by atoms with E-state index in [2.05, 4.69) is 15.6 Å². The number of nitrogens with one attached hydrogen (secondary N) is 2. The average Bonchev–Trinajstić information content (AvgIpc) is 2.52. The molecule has 0 unspecified atom stereocenters. The first kappa shape index (κ1) is 17.6. The number of nitrogens with zero attached hydrogens (tertiary/aromatic N) is 1. The highest BCUT2D eigenvalue weighted by atomic mass is 16.5. The predicted molar refractivity (Wildman–Crippen MR) is 87.6 cm³/mol. The van der Waals surface area contributed by atoms with Crippen LogP contribution < -0.4 is 25.8 Å². The van der Waals surface area contributed by atoms with Gasteiger partial charge in [0.25, 0.3) is 0 Å². The summed E-state index contributed by atoms with van der Waals surface area (Å²) in [6, 6.07) is 5.33. The third kappa shape index (κ3) is 5.90. The summed E-state index contributed by atoms with van der Waals surface area (Å²) in [4.78, 5) is 15.5. The van der Waals surface area contributed by atoms with Crippen molar-refractivity contribution in [3.63, 3.8) is 0 Å². The fourth-order valence-electron chi connectivity index (χ4n) is 1.73. The van der Waals surface area contributed by atoms with Crippen molar-refractivity contribution in [2.75, 3.05) is 32.6 Å². The number of rotatable bonds is 8. The summed E-state index contributed by atoms with van der Waals surface area (Å²) in [5, 5.41) is 5.73. The number of methoxy groups -OCH3 is 2. The molecule has 0 heterocycles. The molecule has 0 atom stereocenters. The van der Waals surface area contributed by atoms with Gasteiger partial charge in [0.05, 0.1) is 20.8 Å². The number of benzene rings is 1. The van der Waals surface area contributed by atoms with E-state index < -0.39 is 0 Å². The van der Waals surface area contributed by atoms with Crippen molar-refractivity contribution in [2.24, 2.45) is 10.7 Å². The van der Waals surface area contributed by atoms with Gasteiger partial charge in [0.1, 0.15) is 0 Å². The zero-order valence-corrected chi connectivity index (χ0v) is 13.3. The van der Waals surface area contributed by atoms with Crippen molar-refractivity contribution in [1.82, 2.24) is 5.32 Å². The van der Waals surface area contributed by atoms with Crippen LogP contribution in [0.4, 0.5) is 5.69 Å². The van der Waals surface area contributed by atoms with Gasteiger partial charge in [-0.15, -0.1) is 0 Å². The lowest BCUT2D eigenvalue weighted by molar-refractivity contribution is -0.120. The van der Waals surface area contributed by atoms with Crippen molar-refractivity contribution in [3.05, 3.63) is 18.2 Å². The second-order valence-corrected chi connectivity index (χ2v) is 4.56. The lowest BCUT2D eigenvalue weighted by Gasteiger charge is -2.10. The minimum Gasteiger partial charge on any atom is -0.493 e. The molecule has 1 amide bonds. The fourth-order valence-corrected chi connectivity index (χ4v) is 1.73. The Morgan fingerprint density at radius 2 is 2.00 bits per heavy atom. The maximum Gasteiger partial charge on any atom is 0.221 e. The van der Waals surface area contributed by atoms with Crippen LogP contribution in [0, 0.1) is 0 Å². The van der Waals surface area contributed by atoms with Gasteiger partial charge in [-0.3, -0.25) is 9.79 Å². The van der Waals surface area contributed by atoms with Crippen LogP contribution in [0.15, 0.2) is 23.2 Å². The zero-order chi connectivity index (χ0) is 16.4. The molecule has 7 nitrogen and oxygen atoms in total. The highest BCUT2D eigenvalue weighted by Crippen LogP contribution is 2.29. The first-order chi connectivity index (χ1) is 10.6. The number of carbonyl (C=O) groups is 1. The quantitative estimate of drug-likeness (QED) is 0.497. The largest absolute Gasteiger partial charge is 0.493 e. The number of nitrogens with two attached hydrogens (primary N) is 1. The van der Waals surface area contributed by atoms with Crippen molar-refractivity contribution in [3.8, 4) is 11.5 Å². The van der Waals surface area contributed by atoms with Gasteiger partial charge in [-0.1, -0.05) is 6.92 Å². The molecule has 122 valence electrons. The highest BCUT2D eigenvalue weighted by Gasteiger charge is 2.05. The summed E-state index contributed by atoms with van der Waals surface area (Å²) in [5.74, 6) is 1.45. The van der Waals surface area contributed by atoms with E-state index in [-0.39, 0.29) is 11.9 Å². The number of ether oxygens (including phenoxy) is 2. The van der Waals surface area contributed by atoms with Crippen LogP contribution in [0.2, 0.25) is 0 Å². The van der Waals surface area contributed by atoms with E-state index in [1.54, 1.807) is 32.4 Å². The maximum atomic E-state index is 11.4. The SMILES string of the molecule is CCCNC(=O)CCN=C(N)Nc1ccc(OC)c(OC)c1. The first-order valence-corrected chi connectivity index (χ1v) is 7.16. The van der Waals surface area contributed by atoms with Gasteiger partial charge in [-0.2, -0.15) is 0 Å². The van der Waals surface area contributed by atoms with Gasteiger partial charge in [-0.25, -0.2) is 0 Å². The molecule has 1 aromatic rings. The minimum atomic E-state index is -0.0236. The highest BCUT2D eigenvalue weighted by molar-refractivity contribution is 5.92. The van der Waals surface area contributed by atoms with E-state index in [0.29, 0.717) is 31.0 Å². The Morgan fingerprint density at radius 1 is 1.27 bits per heavy atom. The molecule has 1 rings (SSSR count). The summed E-state index contributed by atoms with van der Waals surface area (Å²) in [6.07, 6.45) is 1.23. The van der Waals surface area contributed by atoms with Crippen molar-refractivity contribution in [1.29, 1.82) is 0 Å². The Kier molecular flexibility index (Phi) is 7.60. The lowest BCUT2D eigenvalue weighted by atomic mass is 10.3. The lowest BCUT2D eigenvalue weighted by Crippen LogP contribution is -2.26. The summed E-state index contributed by atoms with van der Waals surface area (Å²) < 4.78 is 10.4. The van der Waals surface area contributed by atoms with Gasteiger partial charge in [0.2, 0.25) is 5.91 Å². The summed E-state index contributed by atoms with van der Waals surface area (Å²) >= 11 is 0. The zero-order valence-electron chi connectivity index (χ0n) is 13.3. The topological polar surface area (TPSA) is 98.0 Å². The molecule has 22 heavy (non-hydrogen) atoms. The van der Waals surface area contributed by atoms with E-state index in [1.807, 2.05) is 6.92 Å². The van der Waals surface area contributed by atoms with Crippen LogP contribution in [-0.2, 0) is 4.79 Å². The first-order valence-electron chi connectivity index (χ1n) is 7.16. The molecule has 0 spiro atoms. The van der Waals surface area contributed by atoms with Crippen LogP contribution in [0.25, 0.3) is 0 Å². The number of anilines is 1. The monoisotopic (exact) mass is 308 g/mol. The Hall–Kier alpha value is -2.44. The predicted octanol–water partition coefficient (Wildman–Crippen LogP) is 1.35. The van der Waals surface area contributed by atoms with Crippen molar-refractivity contribution >= 4 is 17.6 Å². The Morgan fingerprint density at radius 3 is 2.64 bits per heavy atom. The van der Waals surface area contributed by atoms with Gasteiger partial charge >= 0.3 is 0 Å². The van der Waals surface area contributed by atoms with E-state index in [1.165, 1.54) is 0 Å². The molecule has 7 heteroatoms. The Bertz CT molecular complexity index is 518. The molecule has 0 bridgehead atoms. The standard InChI is InChI=1S/C15H24N4O3/c1-4-8-17-14(20)7-9-18-15(16)19-11-5-6-12(21-2)13(10-11)22-3/h5-6,10H,4,7-9H2,1-3H3,(H,17,20)(H3,16,18,19). The molecule has 0 aromatic heterocycles. The number of aliphatic imine (C=N–C) groups is 1. The molecule has 1 aromatic carbocycles. The summed E-state index contributed by atoms with van der Waals surface area (Å²) in [6.45, 7) is 3.02. The van der Waals surface area contributed by atoms with Crippen molar-refractivity contribution < 1.29 is 14.3 Å². The van der Waals surface area contributed by atoms with Crippen molar-refractivity contribution in [2.45, 2.75) is 19.8 Å². The van der Waals surface area contributed by atoms with Crippen LogP contribution >= 0.6 is 0 Å². The van der Waals surface area contributed by atoms with E-state index in [9.17, 15) is 4.79 Å². The molecular formula is C15H24N4O3. The summed E-state index contributed by atoms with van der Waals surface area (Å²) in [7, 11) is 3.14. The van der Waals surface area contributed by atoms with Gasteiger partial charge in [0.15, 0.2) is 17.5 Å². The van der Waals surface area contributed by atoms with Crippen LogP contribution in [-0.4, -0.2) is 39.2 Å². The Balaban J connectivity index is 2.52. The summed E-state index contributed by atoms with van der Waals surface area (Å²) in [5.41, 5.74) is 6.52. The number of amides is 1. The molecule has 0 saturated heterocycles. The second-order valence-electron chi connectivity index (χ2n) is 4.56. The van der Waals surface area contributed by atoms with Gasteiger partial charge in [-0.05, 0) is 18.6 Å². The minimum absolute atomic E-state index is 0.0236. The molecule has 0 aliphatic carbocycles. The molecule has 0 radical (unpaired) electrons. The smallest absolute Gasteiger partial charge is 0.221 e. The third-order valence-corrected chi connectivity index (χ3v) is 2.85. The third-order valence-electron chi connectivity index (χ3n) is 2.85. The number of hydrogen-bond acceptors (Lipinski definition) is 4. The normalized spacial score (nSPS) is 11.0. The average molecular weight is 308 g/mol. The molecular weight excluding hydrogens is 284 g/mol. The molecule has 0 fully saturated rings. The van der Waals surface area contributed by atoms with E-state index >= 15 is 0 Å². The Labute approximate surface area is 130 Å². The van der Waals surface area contributed by atoms with Gasteiger partial charge < -0.3 is 25.8 Å². The number of carbonyl (C=O) groups excluding carboxylic acids is 1. The maximum absolute atomic E-state index is 11.4. The number of hydrogen-bond donors (Lipinski definition) is 3. The molecule has 4 N–H and O–H groups in total. The second kappa shape index (κ2) is 9.49. The van der Waals surface area contributed by atoms with E-state index in [4.69, 9.17) is 15.2 Å². The number of guanidine groups is 1. The van der Waals surface area contributed by atoms with Gasteiger partial charge in [0, 0.05) is 24.7 Å². The molecule has 0 aliphatic heterocycles. The molecule has 0 saturated carbocycles. The molecule has 0 aliphatic rings. The fraction of sp³-hybridized carbons (Fsp3) is 0.467. The van der Waals surface area contributed by atoms with Crippen LogP contribution in [0.5, 0.6) is 11.5 Å². The van der Waals surface area contributed by atoms with Crippen LogP contribution in [0.1, 0.15) is 19.8 Å². The van der Waals surface area contributed by atoms with E-state index in [0.717, 1.165) is 12.1 Å².